The predicted molar refractivity (Wildman–Crippen MR) is 86.4 cm³/mol. The van der Waals surface area contributed by atoms with Crippen LogP contribution in [0.15, 0.2) is 48.5 Å². The van der Waals surface area contributed by atoms with Crippen molar-refractivity contribution < 1.29 is 9.47 Å². The van der Waals surface area contributed by atoms with Crippen molar-refractivity contribution in [1.29, 1.82) is 0 Å². The second-order valence-electron chi connectivity index (χ2n) is 5.15. The maximum absolute atomic E-state index is 6.21. The van der Waals surface area contributed by atoms with Gasteiger partial charge in [0, 0.05) is 13.1 Å². The molecule has 1 heterocycles. The summed E-state index contributed by atoms with van der Waals surface area (Å²) in [4.78, 5) is 2.28. The summed E-state index contributed by atoms with van der Waals surface area (Å²) in [6.45, 7) is 1.86. The van der Waals surface area contributed by atoms with Gasteiger partial charge in [0.05, 0.1) is 7.11 Å². The normalized spacial score (nSPS) is 17.5. The zero-order chi connectivity index (χ0) is 13.9. The summed E-state index contributed by atoms with van der Waals surface area (Å²) >= 11 is 0. The molecule has 3 nitrogen and oxygen atoms in total. The first-order chi connectivity index (χ1) is 9.78. The van der Waals surface area contributed by atoms with Crippen molar-refractivity contribution in [2.45, 2.75) is 12.6 Å². The minimum absolute atomic E-state index is 0. The van der Waals surface area contributed by atoms with Crippen LogP contribution < -0.4 is 9.47 Å². The third kappa shape index (κ3) is 3.31. The van der Waals surface area contributed by atoms with Gasteiger partial charge in [-0.25, -0.2) is 0 Å². The van der Waals surface area contributed by atoms with E-state index in [-0.39, 0.29) is 18.5 Å². The molecule has 0 aliphatic carbocycles. The molecule has 2 aromatic rings. The number of rotatable bonds is 3. The lowest BCUT2D eigenvalue weighted by atomic mass is 9.97. The molecule has 0 radical (unpaired) electrons. The summed E-state index contributed by atoms with van der Waals surface area (Å²) in [6, 6.07) is 16.3. The van der Waals surface area contributed by atoms with E-state index >= 15 is 0 Å². The standard InChI is InChI=1S/C17H19NO2.ClH/c1-18-11-13-7-3-4-8-14(13)17(12-18)20-16-10-6-5-9-15(16)19-2;/h3-10,17H,11-12H2,1-2H3;1H. The van der Waals surface area contributed by atoms with Crippen molar-refractivity contribution >= 4 is 12.4 Å². The molecule has 0 spiro atoms. The van der Waals surface area contributed by atoms with Gasteiger partial charge in [0.15, 0.2) is 11.5 Å². The Balaban J connectivity index is 0.00000161. The lowest BCUT2D eigenvalue weighted by molar-refractivity contribution is 0.125. The molecule has 112 valence electrons. The number of hydrogen-bond acceptors (Lipinski definition) is 3. The monoisotopic (exact) mass is 305 g/mol. The van der Waals surface area contributed by atoms with Crippen LogP contribution in [-0.4, -0.2) is 25.6 Å². The number of nitrogens with zero attached hydrogens (tertiary/aromatic N) is 1. The smallest absolute Gasteiger partial charge is 0.162 e. The summed E-state index contributed by atoms with van der Waals surface area (Å²) in [7, 11) is 3.79. The Morgan fingerprint density at radius 3 is 2.43 bits per heavy atom. The molecule has 1 unspecified atom stereocenters. The zero-order valence-corrected chi connectivity index (χ0v) is 13.1. The second-order valence-corrected chi connectivity index (χ2v) is 5.15. The van der Waals surface area contributed by atoms with Crippen molar-refractivity contribution in [2.75, 3.05) is 20.7 Å². The maximum atomic E-state index is 6.21. The highest BCUT2D eigenvalue weighted by atomic mass is 35.5. The molecule has 0 bridgehead atoms. The summed E-state index contributed by atoms with van der Waals surface area (Å²) in [5.74, 6) is 1.57. The third-order valence-corrected chi connectivity index (χ3v) is 3.66. The summed E-state index contributed by atoms with van der Waals surface area (Å²) in [5, 5.41) is 0. The fourth-order valence-electron chi connectivity index (χ4n) is 2.70. The third-order valence-electron chi connectivity index (χ3n) is 3.66. The lowest BCUT2D eigenvalue weighted by Crippen LogP contribution is -2.33. The van der Waals surface area contributed by atoms with Gasteiger partial charge in [-0.2, -0.15) is 0 Å². The Labute approximate surface area is 131 Å². The Morgan fingerprint density at radius 2 is 1.67 bits per heavy atom. The number of hydrogen-bond donors (Lipinski definition) is 0. The van der Waals surface area contributed by atoms with E-state index in [0.717, 1.165) is 24.6 Å². The molecule has 0 amide bonds. The molecule has 1 aliphatic heterocycles. The number of fused-ring (bicyclic) bond motifs is 1. The number of methoxy groups -OCH3 is 1. The van der Waals surface area contributed by atoms with Gasteiger partial charge in [-0.15, -0.1) is 12.4 Å². The topological polar surface area (TPSA) is 21.7 Å². The van der Waals surface area contributed by atoms with Gasteiger partial charge in [-0.1, -0.05) is 36.4 Å². The van der Waals surface area contributed by atoms with Gasteiger partial charge in [0.2, 0.25) is 0 Å². The highest BCUT2D eigenvalue weighted by Crippen LogP contribution is 2.34. The van der Waals surface area contributed by atoms with Crippen molar-refractivity contribution in [3.63, 3.8) is 0 Å². The van der Waals surface area contributed by atoms with E-state index in [1.54, 1.807) is 7.11 Å². The molecule has 1 atom stereocenters. The first-order valence-corrected chi connectivity index (χ1v) is 6.84. The molecule has 4 heteroatoms. The average Bonchev–Trinajstić information content (AvgIpc) is 2.47. The molecule has 0 saturated heterocycles. The van der Waals surface area contributed by atoms with Crippen LogP contribution in [0.5, 0.6) is 11.5 Å². The molecular weight excluding hydrogens is 286 g/mol. The Bertz CT molecular complexity index is 603. The Kier molecular flexibility index (Phi) is 5.10. The molecule has 0 saturated carbocycles. The molecule has 3 rings (SSSR count). The number of benzene rings is 2. The van der Waals surface area contributed by atoms with E-state index in [4.69, 9.17) is 9.47 Å². The zero-order valence-electron chi connectivity index (χ0n) is 12.3. The number of para-hydroxylation sites is 2. The molecule has 0 aromatic heterocycles. The first-order valence-electron chi connectivity index (χ1n) is 6.84. The molecular formula is C17H20ClNO2. The van der Waals surface area contributed by atoms with E-state index in [9.17, 15) is 0 Å². The van der Waals surface area contributed by atoms with E-state index in [0.29, 0.717) is 0 Å². The van der Waals surface area contributed by atoms with E-state index < -0.39 is 0 Å². The van der Waals surface area contributed by atoms with E-state index in [1.165, 1.54) is 11.1 Å². The quantitative estimate of drug-likeness (QED) is 0.863. The van der Waals surface area contributed by atoms with Gasteiger partial charge < -0.3 is 9.47 Å². The lowest BCUT2D eigenvalue weighted by Gasteiger charge is -2.32. The fraction of sp³-hybridized carbons (Fsp3) is 0.294. The van der Waals surface area contributed by atoms with Crippen LogP contribution in [0.3, 0.4) is 0 Å². The summed E-state index contributed by atoms with van der Waals surface area (Å²) in [5.41, 5.74) is 2.61. The largest absolute Gasteiger partial charge is 0.493 e. The molecule has 0 fully saturated rings. The van der Waals surface area contributed by atoms with Crippen LogP contribution in [0, 0.1) is 0 Å². The van der Waals surface area contributed by atoms with E-state index in [1.807, 2.05) is 24.3 Å². The van der Waals surface area contributed by atoms with Gasteiger partial charge >= 0.3 is 0 Å². The van der Waals surface area contributed by atoms with Gasteiger partial charge in [-0.05, 0) is 30.3 Å². The van der Waals surface area contributed by atoms with Crippen LogP contribution in [-0.2, 0) is 6.54 Å². The van der Waals surface area contributed by atoms with Gasteiger partial charge in [0.25, 0.3) is 0 Å². The van der Waals surface area contributed by atoms with Crippen molar-refractivity contribution in [3.8, 4) is 11.5 Å². The average molecular weight is 306 g/mol. The Morgan fingerprint density at radius 1 is 1.00 bits per heavy atom. The number of ether oxygens (including phenoxy) is 2. The maximum Gasteiger partial charge on any atom is 0.162 e. The van der Waals surface area contributed by atoms with Gasteiger partial charge in [0.1, 0.15) is 6.10 Å². The van der Waals surface area contributed by atoms with Crippen molar-refractivity contribution in [1.82, 2.24) is 4.90 Å². The first kappa shape index (κ1) is 15.7. The van der Waals surface area contributed by atoms with Gasteiger partial charge in [-0.3, -0.25) is 4.90 Å². The van der Waals surface area contributed by atoms with Crippen LogP contribution in [0.4, 0.5) is 0 Å². The van der Waals surface area contributed by atoms with Crippen molar-refractivity contribution in [2.24, 2.45) is 0 Å². The molecule has 1 aliphatic rings. The predicted octanol–water partition coefficient (Wildman–Crippen LogP) is 3.68. The molecule has 21 heavy (non-hydrogen) atoms. The van der Waals surface area contributed by atoms with Crippen LogP contribution in [0.1, 0.15) is 17.2 Å². The van der Waals surface area contributed by atoms with Crippen LogP contribution in [0.25, 0.3) is 0 Å². The van der Waals surface area contributed by atoms with Crippen LogP contribution >= 0.6 is 12.4 Å². The van der Waals surface area contributed by atoms with Crippen LogP contribution in [0.2, 0.25) is 0 Å². The number of likely N-dealkylation sites (N-methyl/N-ethyl adjacent to an activating group) is 1. The minimum atomic E-state index is 0. The summed E-state index contributed by atoms with van der Waals surface area (Å²) < 4.78 is 11.6. The highest BCUT2D eigenvalue weighted by molar-refractivity contribution is 5.85. The second kappa shape index (κ2) is 6.83. The minimum Gasteiger partial charge on any atom is -0.493 e. The fourth-order valence-corrected chi connectivity index (χ4v) is 2.70. The SMILES string of the molecule is COc1ccccc1OC1CN(C)Cc2ccccc21.Cl. The number of halogens is 1. The highest BCUT2D eigenvalue weighted by Gasteiger charge is 2.25. The molecule has 2 aromatic carbocycles. The van der Waals surface area contributed by atoms with Crippen molar-refractivity contribution in [3.05, 3.63) is 59.7 Å². The Hall–Kier alpha value is -1.71. The van der Waals surface area contributed by atoms with E-state index in [2.05, 4.69) is 36.2 Å². The summed E-state index contributed by atoms with van der Waals surface area (Å²) in [6.07, 6.45) is 0.0428. The molecule has 0 N–H and O–H groups in total.